The Morgan fingerprint density at radius 3 is 2.48 bits per heavy atom. The fourth-order valence-electron chi connectivity index (χ4n) is 3.97. The number of carbonyl (C=O) groups excluding carboxylic acids is 2. The number of carbonyl (C=O) groups is 2. The molecule has 1 aromatic carbocycles. The van der Waals surface area contributed by atoms with Crippen molar-refractivity contribution in [2.75, 3.05) is 40.4 Å². The number of methoxy groups -OCH3 is 2. The predicted octanol–water partition coefficient (Wildman–Crippen LogP) is 1.07. The van der Waals surface area contributed by atoms with E-state index in [0.29, 0.717) is 35.0 Å². The smallest absolute Gasteiger partial charge is 0.240 e. The number of thiophene rings is 1. The van der Waals surface area contributed by atoms with E-state index in [2.05, 4.69) is 13.8 Å². The maximum absolute atomic E-state index is 13.3. The zero-order valence-corrected chi connectivity index (χ0v) is 19.1. The van der Waals surface area contributed by atoms with Gasteiger partial charge in [-0.2, -0.15) is 0 Å². The summed E-state index contributed by atoms with van der Waals surface area (Å²) < 4.78 is 11.0. The van der Waals surface area contributed by atoms with Gasteiger partial charge in [0.05, 0.1) is 51.3 Å². The number of para-hydroxylation sites is 1. The van der Waals surface area contributed by atoms with Gasteiger partial charge in [-0.15, -0.1) is 11.3 Å². The number of Topliss-reactive ketones (excluding diaryl/α,β-unsaturated/α-hetero) is 1. The molecule has 1 aliphatic heterocycles. The van der Waals surface area contributed by atoms with Crippen molar-refractivity contribution >= 4 is 23.0 Å². The van der Waals surface area contributed by atoms with Gasteiger partial charge < -0.3 is 24.4 Å². The Hall–Kier alpha value is -2.84. The number of benzene rings is 1. The molecule has 2 heterocycles. The van der Waals surface area contributed by atoms with Gasteiger partial charge in [0.1, 0.15) is 0 Å². The number of hydrogen-bond donors (Lipinski definition) is 1. The molecule has 0 saturated carbocycles. The molecule has 2 aromatic rings. The van der Waals surface area contributed by atoms with Crippen molar-refractivity contribution in [1.82, 2.24) is 4.90 Å². The molecule has 7 nitrogen and oxygen atoms in total. The van der Waals surface area contributed by atoms with Crippen LogP contribution in [0, 0.1) is 0 Å². The number of rotatable bonds is 10. The molecular formula is C23H28N2O5S. The minimum Gasteiger partial charge on any atom is -0.868 e. The van der Waals surface area contributed by atoms with E-state index >= 15 is 0 Å². The summed E-state index contributed by atoms with van der Waals surface area (Å²) in [6, 6.07) is 7.88. The molecule has 0 radical (unpaired) electrons. The van der Waals surface area contributed by atoms with Crippen LogP contribution in [0.5, 0.6) is 11.5 Å². The van der Waals surface area contributed by atoms with Gasteiger partial charge in [0, 0.05) is 11.1 Å². The number of nitrogens with zero attached hydrogens (tertiary/aromatic N) is 1. The number of ether oxygens (including phenoxy) is 2. The van der Waals surface area contributed by atoms with Crippen LogP contribution in [0.2, 0.25) is 0 Å². The molecule has 1 N–H and O–H groups in total. The van der Waals surface area contributed by atoms with Crippen LogP contribution in [0.1, 0.15) is 35.1 Å². The SMILES string of the molecule is CC[NH+](CC)CCN1C(=O)C([O-])=C(C(=O)c2cccs2)C1c1cccc(OC)c1OC. The summed E-state index contributed by atoms with van der Waals surface area (Å²) in [6.07, 6.45) is 0. The van der Waals surface area contributed by atoms with Gasteiger partial charge in [0.25, 0.3) is 0 Å². The summed E-state index contributed by atoms with van der Waals surface area (Å²) >= 11 is 1.25. The molecule has 0 saturated heterocycles. The van der Waals surface area contributed by atoms with Gasteiger partial charge >= 0.3 is 0 Å². The first-order valence-corrected chi connectivity index (χ1v) is 11.2. The van der Waals surface area contributed by atoms with Crippen LogP contribution in [0.4, 0.5) is 0 Å². The molecule has 1 aromatic heterocycles. The number of amides is 1. The van der Waals surface area contributed by atoms with E-state index in [-0.39, 0.29) is 5.57 Å². The predicted molar refractivity (Wildman–Crippen MR) is 117 cm³/mol. The molecular weight excluding hydrogens is 416 g/mol. The van der Waals surface area contributed by atoms with Crippen molar-refractivity contribution in [1.29, 1.82) is 0 Å². The Labute approximate surface area is 186 Å². The zero-order chi connectivity index (χ0) is 22.5. The summed E-state index contributed by atoms with van der Waals surface area (Å²) in [6.45, 7) is 7.00. The van der Waals surface area contributed by atoms with E-state index in [0.717, 1.165) is 13.1 Å². The van der Waals surface area contributed by atoms with Crippen molar-refractivity contribution in [2.24, 2.45) is 0 Å². The molecule has 0 bridgehead atoms. The summed E-state index contributed by atoms with van der Waals surface area (Å²) in [5.41, 5.74) is 0.532. The van der Waals surface area contributed by atoms with E-state index < -0.39 is 23.5 Å². The molecule has 1 unspecified atom stereocenters. The Morgan fingerprint density at radius 1 is 1.16 bits per heavy atom. The molecule has 31 heavy (non-hydrogen) atoms. The monoisotopic (exact) mass is 444 g/mol. The molecule has 0 fully saturated rings. The number of ketones is 1. The van der Waals surface area contributed by atoms with Gasteiger partial charge in [0.2, 0.25) is 11.7 Å². The second kappa shape index (κ2) is 9.98. The van der Waals surface area contributed by atoms with Gasteiger partial charge in [-0.05, 0) is 37.1 Å². The number of nitrogens with one attached hydrogen (secondary N) is 1. The lowest BCUT2D eigenvalue weighted by Gasteiger charge is -2.30. The van der Waals surface area contributed by atoms with Gasteiger partial charge in [-0.3, -0.25) is 9.59 Å². The van der Waals surface area contributed by atoms with E-state index in [1.54, 1.807) is 35.7 Å². The highest BCUT2D eigenvalue weighted by molar-refractivity contribution is 7.12. The topological polar surface area (TPSA) is 83.3 Å². The molecule has 3 rings (SSSR count). The minimum atomic E-state index is -0.824. The highest BCUT2D eigenvalue weighted by Crippen LogP contribution is 2.44. The Balaban J connectivity index is 2.11. The Bertz CT molecular complexity index is 966. The lowest BCUT2D eigenvalue weighted by Crippen LogP contribution is -3.12. The highest BCUT2D eigenvalue weighted by Gasteiger charge is 2.41. The van der Waals surface area contributed by atoms with E-state index in [4.69, 9.17) is 9.47 Å². The number of likely N-dealkylation sites (N-methyl/N-ethyl adjacent to an activating group) is 1. The van der Waals surface area contributed by atoms with E-state index in [9.17, 15) is 14.7 Å². The molecule has 1 atom stereocenters. The van der Waals surface area contributed by atoms with E-state index in [1.807, 2.05) is 0 Å². The largest absolute Gasteiger partial charge is 0.868 e. The summed E-state index contributed by atoms with van der Waals surface area (Å²) in [7, 11) is 3.03. The maximum Gasteiger partial charge on any atom is 0.240 e. The second-order valence-corrected chi connectivity index (χ2v) is 8.19. The lowest BCUT2D eigenvalue weighted by atomic mass is 9.94. The van der Waals surface area contributed by atoms with Crippen LogP contribution in [-0.2, 0) is 4.79 Å². The fourth-order valence-corrected chi connectivity index (χ4v) is 4.65. The molecule has 0 aliphatic carbocycles. The molecule has 1 aliphatic rings. The van der Waals surface area contributed by atoms with Crippen LogP contribution >= 0.6 is 11.3 Å². The van der Waals surface area contributed by atoms with E-state index in [1.165, 1.54) is 35.4 Å². The summed E-state index contributed by atoms with van der Waals surface area (Å²) in [5, 5.41) is 14.8. The van der Waals surface area contributed by atoms with Crippen molar-refractivity contribution in [2.45, 2.75) is 19.9 Å². The lowest BCUT2D eigenvalue weighted by molar-refractivity contribution is -0.895. The van der Waals surface area contributed by atoms with Gasteiger partial charge in [-0.25, -0.2) is 0 Å². The molecule has 8 heteroatoms. The van der Waals surface area contributed by atoms with Crippen molar-refractivity contribution in [3.05, 3.63) is 57.5 Å². The summed E-state index contributed by atoms with van der Waals surface area (Å²) in [5.74, 6) is -0.928. The third-order valence-corrected chi connectivity index (χ3v) is 6.58. The van der Waals surface area contributed by atoms with Crippen molar-refractivity contribution < 1.29 is 29.1 Å². The van der Waals surface area contributed by atoms with Crippen molar-refractivity contribution in [3.8, 4) is 11.5 Å². The average Bonchev–Trinajstić information content (AvgIpc) is 3.41. The third kappa shape index (κ3) is 4.31. The first-order valence-electron chi connectivity index (χ1n) is 10.3. The van der Waals surface area contributed by atoms with Crippen LogP contribution < -0.4 is 19.5 Å². The normalized spacial score (nSPS) is 16.4. The number of quaternary nitrogens is 1. The third-order valence-electron chi connectivity index (χ3n) is 5.71. The standard InChI is InChI=1S/C23H28N2O5S/c1-5-24(6-2)12-13-25-19(15-9-7-10-16(29-3)22(15)30-4)18(21(27)23(25)28)20(26)17-11-8-14-31-17/h7-11,14,19,27H,5-6,12-13H2,1-4H3. The maximum atomic E-state index is 13.3. The zero-order valence-electron chi connectivity index (χ0n) is 18.3. The quantitative estimate of drug-likeness (QED) is 0.555. The van der Waals surface area contributed by atoms with Gasteiger partial charge in [-0.1, -0.05) is 18.2 Å². The Morgan fingerprint density at radius 2 is 1.90 bits per heavy atom. The Kier molecular flexibility index (Phi) is 7.35. The molecule has 166 valence electrons. The summed E-state index contributed by atoms with van der Waals surface area (Å²) in [4.78, 5) is 29.6. The van der Waals surface area contributed by atoms with Crippen LogP contribution in [0.25, 0.3) is 0 Å². The second-order valence-electron chi connectivity index (χ2n) is 7.24. The first-order chi connectivity index (χ1) is 15.0. The fraction of sp³-hybridized carbons (Fsp3) is 0.391. The first kappa shape index (κ1) is 22.8. The molecule has 1 amide bonds. The molecule has 0 spiro atoms. The van der Waals surface area contributed by atoms with Crippen LogP contribution in [0.15, 0.2) is 47.0 Å². The minimum absolute atomic E-state index is 0.0337. The van der Waals surface area contributed by atoms with Crippen LogP contribution in [-0.4, -0.2) is 57.0 Å². The average molecular weight is 445 g/mol. The number of hydrogen-bond acceptors (Lipinski definition) is 6. The van der Waals surface area contributed by atoms with Crippen LogP contribution in [0.3, 0.4) is 0 Å². The van der Waals surface area contributed by atoms with Crippen molar-refractivity contribution in [3.63, 3.8) is 0 Å². The van der Waals surface area contributed by atoms with Gasteiger partial charge in [0.15, 0.2) is 11.5 Å². The highest BCUT2D eigenvalue weighted by atomic mass is 32.1.